The lowest BCUT2D eigenvalue weighted by molar-refractivity contribution is 0.616. The quantitative estimate of drug-likeness (QED) is 0.819. The van der Waals surface area contributed by atoms with Crippen LogP contribution in [0.4, 0.5) is 11.6 Å². The molecular weight excluding hydrogens is 248 g/mol. The molecule has 0 aliphatic carbocycles. The van der Waals surface area contributed by atoms with Crippen molar-refractivity contribution in [2.24, 2.45) is 0 Å². The summed E-state index contributed by atoms with van der Waals surface area (Å²) >= 11 is 0. The second kappa shape index (κ2) is 7.46. The van der Waals surface area contributed by atoms with Gasteiger partial charge in [-0.05, 0) is 34.1 Å². The number of nitrogens with zero attached hydrogens (tertiary/aromatic N) is 3. The zero-order valence-electron chi connectivity index (χ0n) is 14.1. The van der Waals surface area contributed by atoms with Crippen LogP contribution in [0.5, 0.6) is 0 Å². The van der Waals surface area contributed by atoms with Crippen molar-refractivity contribution >= 4 is 11.6 Å². The molecule has 0 bridgehead atoms. The van der Waals surface area contributed by atoms with Gasteiger partial charge in [-0.1, -0.05) is 20.8 Å². The van der Waals surface area contributed by atoms with E-state index < -0.39 is 0 Å². The Kier molecular flexibility index (Phi) is 6.24. The van der Waals surface area contributed by atoms with E-state index in [1.807, 2.05) is 0 Å². The third-order valence-corrected chi connectivity index (χ3v) is 3.73. The lowest BCUT2D eigenvalue weighted by Gasteiger charge is -2.30. The van der Waals surface area contributed by atoms with E-state index in [1.165, 1.54) is 0 Å². The summed E-state index contributed by atoms with van der Waals surface area (Å²) in [6.45, 7) is 17.0. The highest BCUT2D eigenvalue weighted by Gasteiger charge is 2.19. The fourth-order valence-corrected chi connectivity index (χ4v) is 2.29. The monoisotopic (exact) mass is 278 g/mol. The van der Waals surface area contributed by atoms with E-state index in [1.54, 1.807) is 0 Å². The van der Waals surface area contributed by atoms with Gasteiger partial charge in [-0.25, -0.2) is 9.97 Å². The largest absolute Gasteiger partial charge is 0.370 e. The molecule has 1 aromatic heterocycles. The third-order valence-electron chi connectivity index (χ3n) is 3.73. The van der Waals surface area contributed by atoms with Gasteiger partial charge >= 0.3 is 0 Å². The Balaban J connectivity index is 3.34. The number of nitrogens with one attached hydrogen (secondary N) is 1. The van der Waals surface area contributed by atoms with E-state index in [2.05, 4.69) is 63.7 Å². The Morgan fingerprint density at radius 3 is 2.20 bits per heavy atom. The Labute approximate surface area is 124 Å². The zero-order valence-corrected chi connectivity index (χ0v) is 14.1. The number of rotatable bonds is 7. The van der Waals surface area contributed by atoms with Gasteiger partial charge in [-0.2, -0.15) is 0 Å². The van der Waals surface area contributed by atoms with Crippen molar-refractivity contribution in [2.45, 2.75) is 66.8 Å². The van der Waals surface area contributed by atoms with Crippen LogP contribution in [-0.2, 0) is 0 Å². The van der Waals surface area contributed by atoms with Crippen LogP contribution in [0.2, 0.25) is 0 Å². The maximum atomic E-state index is 4.83. The molecule has 1 rings (SSSR count). The topological polar surface area (TPSA) is 41.1 Å². The van der Waals surface area contributed by atoms with Crippen LogP contribution in [-0.4, -0.2) is 29.1 Å². The first kappa shape index (κ1) is 16.7. The Morgan fingerprint density at radius 2 is 1.75 bits per heavy atom. The molecule has 0 aliphatic rings. The lowest BCUT2D eigenvalue weighted by Crippen LogP contribution is -2.34. The van der Waals surface area contributed by atoms with Crippen molar-refractivity contribution in [3.8, 4) is 0 Å². The molecule has 0 saturated carbocycles. The first-order valence-corrected chi connectivity index (χ1v) is 7.85. The predicted octanol–water partition coefficient (Wildman–Crippen LogP) is 3.97. The van der Waals surface area contributed by atoms with Gasteiger partial charge in [0.15, 0.2) is 0 Å². The smallest absolute Gasteiger partial charge is 0.137 e. The molecule has 0 fully saturated rings. The van der Waals surface area contributed by atoms with Crippen molar-refractivity contribution in [2.75, 3.05) is 23.3 Å². The van der Waals surface area contributed by atoms with Gasteiger partial charge < -0.3 is 10.2 Å². The fraction of sp³-hybridized carbons (Fsp3) is 0.750. The fourth-order valence-electron chi connectivity index (χ4n) is 2.29. The van der Waals surface area contributed by atoms with E-state index >= 15 is 0 Å². The van der Waals surface area contributed by atoms with E-state index in [0.717, 1.165) is 42.5 Å². The first-order valence-electron chi connectivity index (χ1n) is 7.85. The highest BCUT2D eigenvalue weighted by atomic mass is 15.2. The van der Waals surface area contributed by atoms with Crippen LogP contribution in [0.15, 0.2) is 0 Å². The maximum Gasteiger partial charge on any atom is 0.137 e. The minimum absolute atomic E-state index is 0.336. The molecule has 1 N–H and O–H groups in total. The lowest BCUT2D eigenvalue weighted by atomic mass is 10.1. The van der Waals surface area contributed by atoms with Crippen molar-refractivity contribution in [1.82, 2.24) is 9.97 Å². The van der Waals surface area contributed by atoms with Crippen LogP contribution in [0.3, 0.4) is 0 Å². The molecule has 1 atom stereocenters. The normalized spacial score (nSPS) is 12.6. The third kappa shape index (κ3) is 3.62. The van der Waals surface area contributed by atoms with Gasteiger partial charge in [0.25, 0.3) is 0 Å². The maximum absolute atomic E-state index is 4.83. The molecule has 0 aliphatic heterocycles. The minimum atomic E-state index is 0.336. The summed E-state index contributed by atoms with van der Waals surface area (Å²) in [6.07, 6.45) is 1.12. The molecule has 0 spiro atoms. The van der Waals surface area contributed by atoms with Gasteiger partial charge in [0.2, 0.25) is 0 Å². The van der Waals surface area contributed by atoms with E-state index in [-0.39, 0.29) is 0 Å². The van der Waals surface area contributed by atoms with E-state index in [4.69, 9.17) is 4.98 Å². The van der Waals surface area contributed by atoms with Gasteiger partial charge in [0, 0.05) is 30.6 Å². The Bertz CT molecular complexity index is 429. The van der Waals surface area contributed by atoms with Crippen molar-refractivity contribution < 1.29 is 0 Å². The van der Waals surface area contributed by atoms with Crippen molar-refractivity contribution in [3.05, 3.63) is 11.4 Å². The Hall–Kier alpha value is -1.32. The predicted molar refractivity (Wildman–Crippen MR) is 87.8 cm³/mol. The van der Waals surface area contributed by atoms with Gasteiger partial charge in [0.1, 0.15) is 17.5 Å². The molecule has 20 heavy (non-hydrogen) atoms. The second-order valence-corrected chi connectivity index (χ2v) is 5.61. The average molecular weight is 278 g/mol. The highest BCUT2D eigenvalue weighted by molar-refractivity contribution is 5.59. The van der Waals surface area contributed by atoms with Crippen molar-refractivity contribution in [3.63, 3.8) is 0 Å². The molecule has 114 valence electrons. The Morgan fingerprint density at radius 1 is 1.10 bits per heavy atom. The van der Waals surface area contributed by atoms with Gasteiger partial charge in [-0.3, -0.25) is 0 Å². The van der Waals surface area contributed by atoms with Crippen LogP contribution < -0.4 is 10.2 Å². The van der Waals surface area contributed by atoms with E-state index in [0.29, 0.717) is 12.0 Å². The summed E-state index contributed by atoms with van der Waals surface area (Å²) in [5.41, 5.74) is 1.15. The summed E-state index contributed by atoms with van der Waals surface area (Å²) in [6, 6.07) is 0.489. The molecule has 0 amide bonds. The summed E-state index contributed by atoms with van der Waals surface area (Å²) in [7, 11) is 0. The van der Waals surface area contributed by atoms with Crippen LogP contribution in [0.1, 0.15) is 65.3 Å². The van der Waals surface area contributed by atoms with Gasteiger partial charge in [-0.15, -0.1) is 0 Å². The number of hydrogen-bond acceptors (Lipinski definition) is 4. The van der Waals surface area contributed by atoms with Crippen LogP contribution >= 0.6 is 0 Å². The molecule has 0 aromatic carbocycles. The summed E-state index contributed by atoms with van der Waals surface area (Å²) in [5, 5.41) is 3.37. The van der Waals surface area contributed by atoms with Crippen LogP contribution in [0, 0.1) is 6.92 Å². The standard InChI is InChI=1S/C16H30N4/c1-8-12(6)20(10-3)16-13(7)15(17-9-2)18-14(19-16)11(4)5/h11-12H,8-10H2,1-7H3,(H,17,18,19). The molecule has 1 heterocycles. The molecule has 4 nitrogen and oxygen atoms in total. The first-order chi connectivity index (χ1) is 9.46. The molecule has 0 radical (unpaired) electrons. The zero-order chi connectivity index (χ0) is 15.3. The van der Waals surface area contributed by atoms with E-state index in [9.17, 15) is 0 Å². The number of aromatic nitrogens is 2. The summed E-state index contributed by atoms with van der Waals surface area (Å²) in [4.78, 5) is 11.9. The van der Waals surface area contributed by atoms with Gasteiger partial charge in [0.05, 0.1) is 0 Å². The molecule has 1 unspecified atom stereocenters. The summed E-state index contributed by atoms with van der Waals surface area (Å²) < 4.78 is 0. The SMILES string of the molecule is CCNc1nc(C(C)C)nc(N(CC)C(C)CC)c1C. The minimum Gasteiger partial charge on any atom is -0.370 e. The average Bonchev–Trinajstić information content (AvgIpc) is 2.42. The van der Waals surface area contributed by atoms with Crippen molar-refractivity contribution in [1.29, 1.82) is 0 Å². The molecule has 4 heteroatoms. The highest BCUT2D eigenvalue weighted by Crippen LogP contribution is 2.27. The number of anilines is 2. The molecular formula is C16H30N4. The second-order valence-electron chi connectivity index (χ2n) is 5.61. The number of hydrogen-bond donors (Lipinski definition) is 1. The summed E-state index contributed by atoms with van der Waals surface area (Å²) in [5.74, 6) is 3.31. The molecule has 1 aromatic rings. The molecule has 0 saturated heterocycles. The van der Waals surface area contributed by atoms with Crippen LogP contribution in [0.25, 0.3) is 0 Å².